The van der Waals surface area contributed by atoms with Gasteiger partial charge in [0.15, 0.2) is 0 Å². The van der Waals surface area contributed by atoms with Gasteiger partial charge in [-0.2, -0.15) is 0 Å². The van der Waals surface area contributed by atoms with Crippen molar-refractivity contribution in [2.45, 2.75) is 62.0 Å². The summed E-state index contributed by atoms with van der Waals surface area (Å²) in [5.41, 5.74) is 6.91. The zero-order chi connectivity index (χ0) is 24.2. The summed E-state index contributed by atoms with van der Waals surface area (Å²) >= 11 is 3.20. The van der Waals surface area contributed by atoms with Crippen molar-refractivity contribution in [3.63, 3.8) is 0 Å². The monoisotopic (exact) mass is 491 g/mol. The second-order valence-electron chi connectivity index (χ2n) is 9.14. The largest absolute Gasteiger partial charge is 0.322 e. The summed E-state index contributed by atoms with van der Waals surface area (Å²) in [5, 5.41) is 4.10. The third-order valence-electron chi connectivity index (χ3n) is 6.45. The average molecular weight is 492 g/mol. The van der Waals surface area contributed by atoms with Gasteiger partial charge in [0.05, 0.1) is 5.69 Å². The van der Waals surface area contributed by atoms with Crippen LogP contribution in [0.2, 0.25) is 0 Å². The van der Waals surface area contributed by atoms with Gasteiger partial charge in [0.1, 0.15) is 5.03 Å². The smallest absolute Gasteiger partial charge is 0.317 e. The van der Waals surface area contributed by atoms with Crippen LogP contribution in [0.4, 0.5) is 10.5 Å². The molecular weight excluding hydrogens is 458 g/mol. The van der Waals surface area contributed by atoms with E-state index in [1.165, 1.54) is 16.7 Å². The fourth-order valence-electron chi connectivity index (χ4n) is 4.55. The fourth-order valence-corrected chi connectivity index (χ4v) is 5.85. The Balaban J connectivity index is 1.63. The van der Waals surface area contributed by atoms with E-state index in [1.54, 1.807) is 23.5 Å². The molecule has 0 saturated heterocycles. The number of rotatable bonds is 7. The summed E-state index contributed by atoms with van der Waals surface area (Å²) in [6.45, 7) is 6.97. The number of thioether (sulfide) groups is 2. The lowest BCUT2D eigenvalue weighted by Gasteiger charge is -2.30. The lowest BCUT2D eigenvalue weighted by atomic mass is 10.0. The molecule has 3 aromatic rings. The Morgan fingerprint density at radius 2 is 1.71 bits per heavy atom. The van der Waals surface area contributed by atoms with Crippen molar-refractivity contribution < 1.29 is 4.79 Å². The summed E-state index contributed by atoms with van der Waals surface area (Å²) in [5.74, 6) is 0.488. The molecule has 0 bridgehead atoms. The highest BCUT2D eigenvalue weighted by Gasteiger charge is 2.31. The maximum atomic E-state index is 13.8. The van der Waals surface area contributed by atoms with Crippen molar-refractivity contribution in [1.82, 2.24) is 9.88 Å². The third kappa shape index (κ3) is 5.44. The first-order valence-corrected chi connectivity index (χ1v) is 14.2. The second kappa shape index (κ2) is 10.9. The number of amides is 2. The Morgan fingerprint density at radius 3 is 2.26 bits per heavy atom. The molecule has 1 heterocycles. The Morgan fingerprint density at radius 1 is 1.06 bits per heavy atom. The molecule has 4 nitrogen and oxygen atoms in total. The SMILES string of the molecule is CSc1cc(C)nc(SC)c1NC(=O)N(Cc1ccc(C(C)C)cc1)C1Cc2ccccc2C1. The lowest BCUT2D eigenvalue weighted by Crippen LogP contribution is -2.43. The van der Waals surface area contributed by atoms with E-state index in [-0.39, 0.29) is 12.1 Å². The summed E-state index contributed by atoms with van der Waals surface area (Å²) in [7, 11) is 0. The van der Waals surface area contributed by atoms with Crippen LogP contribution in [0.1, 0.15) is 47.7 Å². The van der Waals surface area contributed by atoms with E-state index >= 15 is 0 Å². The zero-order valence-electron chi connectivity index (χ0n) is 20.6. The van der Waals surface area contributed by atoms with Crippen LogP contribution in [-0.2, 0) is 19.4 Å². The number of carbonyl (C=O) groups is 1. The molecule has 6 heteroatoms. The molecule has 0 unspecified atom stereocenters. The topological polar surface area (TPSA) is 45.2 Å². The third-order valence-corrected chi connectivity index (χ3v) is 7.90. The Bertz CT molecular complexity index is 1110. The minimum atomic E-state index is -0.0676. The highest BCUT2D eigenvalue weighted by atomic mass is 32.2. The summed E-state index contributed by atoms with van der Waals surface area (Å²) in [4.78, 5) is 21.5. The molecule has 0 radical (unpaired) electrons. The number of hydrogen-bond donors (Lipinski definition) is 1. The molecule has 1 aliphatic carbocycles. The van der Waals surface area contributed by atoms with E-state index in [9.17, 15) is 4.79 Å². The summed E-state index contributed by atoms with van der Waals surface area (Å²) in [6.07, 6.45) is 5.80. The molecule has 178 valence electrons. The van der Waals surface area contributed by atoms with Crippen LogP contribution in [-0.4, -0.2) is 34.5 Å². The molecule has 4 rings (SSSR count). The Labute approximate surface area is 211 Å². The standard InChI is InChI=1S/C28H33N3OS2/c1-18(2)21-12-10-20(11-13-21)17-31(24-15-22-8-6-7-9-23(22)16-24)28(32)30-26-25(33-4)14-19(3)29-27(26)34-5/h6-14,18,24H,15-17H2,1-5H3,(H,30,32). The maximum absolute atomic E-state index is 13.8. The number of carbonyl (C=O) groups excluding carboxylic acids is 1. The van der Waals surface area contributed by atoms with Crippen LogP contribution in [0.25, 0.3) is 0 Å². The van der Waals surface area contributed by atoms with Crippen molar-refractivity contribution >= 4 is 35.2 Å². The first-order chi connectivity index (χ1) is 16.4. The number of nitrogens with zero attached hydrogens (tertiary/aromatic N) is 2. The first kappa shape index (κ1) is 24.7. The van der Waals surface area contributed by atoms with Gasteiger partial charge in [-0.05, 0) is 66.5 Å². The van der Waals surface area contributed by atoms with Gasteiger partial charge in [-0.25, -0.2) is 9.78 Å². The van der Waals surface area contributed by atoms with Crippen molar-refractivity contribution in [3.8, 4) is 0 Å². The van der Waals surface area contributed by atoms with Crippen LogP contribution >= 0.6 is 23.5 Å². The van der Waals surface area contributed by atoms with Crippen LogP contribution in [0.5, 0.6) is 0 Å². The normalized spacial score (nSPS) is 13.2. The molecule has 2 aromatic carbocycles. The second-order valence-corrected chi connectivity index (χ2v) is 10.8. The van der Waals surface area contributed by atoms with Crippen LogP contribution in [0.15, 0.2) is 64.5 Å². The van der Waals surface area contributed by atoms with Gasteiger partial charge in [0, 0.05) is 23.2 Å². The Kier molecular flexibility index (Phi) is 7.89. The quantitative estimate of drug-likeness (QED) is 0.356. The maximum Gasteiger partial charge on any atom is 0.322 e. The molecule has 0 aliphatic heterocycles. The van der Waals surface area contributed by atoms with Gasteiger partial charge in [0.2, 0.25) is 0 Å². The molecule has 0 fully saturated rings. The molecule has 34 heavy (non-hydrogen) atoms. The van der Waals surface area contributed by atoms with Gasteiger partial charge in [-0.3, -0.25) is 0 Å². The molecule has 0 atom stereocenters. The number of urea groups is 1. The number of pyridine rings is 1. The van der Waals surface area contributed by atoms with Crippen LogP contribution in [0.3, 0.4) is 0 Å². The van der Waals surface area contributed by atoms with E-state index in [1.807, 2.05) is 30.4 Å². The molecule has 1 aliphatic rings. The fraction of sp³-hybridized carbons (Fsp3) is 0.357. The van der Waals surface area contributed by atoms with Gasteiger partial charge in [0.25, 0.3) is 0 Å². The molecule has 1 N–H and O–H groups in total. The minimum Gasteiger partial charge on any atom is -0.317 e. The van der Waals surface area contributed by atoms with Crippen LogP contribution < -0.4 is 5.32 Å². The highest BCUT2D eigenvalue weighted by Crippen LogP contribution is 2.35. The predicted molar refractivity (Wildman–Crippen MR) is 145 cm³/mol. The molecule has 0 saturated carbocycles. The van der Waals surface area contributed by atoms with Gasteiger partial charge >= 0.3 is 6.03 Å². The van der Waals surface area contributed by atoms with E-state index in [2.05, 4.69) is 72.7 Å². The number of nitrogens with one attached hydrogen (secondary N) is 1. The highest BCUT2D eigenvalue weighted by molar-refractivity contribution is 7.99. The van der Waals surface area contributed by atoms with E-state index in [0.29, 0.717) is 12.5 Å². The van der Waals surface area contributed by atoms with Crippen molar-refractivity contribution in [3.05, 3.63) is 82.5 Å². The van der Waals surface area contributed by atoms with Gasteiger partial charge < -0.3 is 10.2 Å². The first-order valence-electron chi connectivity index (χ1n) is 11.7. The Hall–Kier alpha value is -2.44. The summed E-state index contributed by atoms with van der Waals surface area (Å²) in [6, 6.07) is 19.3. The minimum absolute atomic E-state index is 0.0676. The predicted octanol–water partition coefficient (Wildman–Crippen LogP) is 7.16. The number of anilines is 1. The number of aromatic nitrogens is 1. The molecule has 1 aromatic heterocycles. The number of hydrogen-bond acceptors (Lipinski definition) is 4. The molecule has 2 amide bonds. The number of benzene rings is 2. The van der Waals surface area contributed by atoms with Crippen LogP contribution in [0, 0.1) is 6.92 Å². The van der Waals surface area contributed by atoms with Gasteiger partial charge in [-0.15, -0.1) is 23.5 Å². The molecule has 0 spiro atoms. The van der Waals surface area contributed by atoms with Crippen molar-refractivity contribution in [2.75, 3.05) is 17.8 Å². The summed E-state index contributed by atoms with van der Waals surface area (Å²) < 4.78 is 0. The van der Waals surface area contributed by atoms with Gasteiger partial charge in [-0.1, -0.05) is 62.4 Å². The van der Waals surface area contributed by atoms with Crippen molar-refractivity contribution in [1.29, 1.82) is 0 Å². The van der Waals surface area contributed by atoms with E-state index in [0.717, 1.165) is 39.7 Å². The zero-order valence-corrected chi connectivity index (χ0v) is 22.2. The van der Waals surface area contributed by atoms with Crippen molar-refractivity contribution in [2.24, 2.45) is 0 Å². The average Bonchev–Trinajstić information content (AvgIpc) is 3.27. The van der Waals surface area contributed by atoms with E-state index < -0.39 is 0 Å². The molecular formula is C28H33N3OS2. The number of fused-ring (bicyclic) bond motifs is 1. The lowest BCUT2D eigenvalue weighted by molar-refractivity contribution is 0.185. The number of aryl methyl sites for hydroxylation is 1. The van der Waals surface area contributed by atoms with E-state index in [4.69, 9.17) is 0 Å².